The molecule has 0 radical (unpaired) electrons. The lowest BCUT2D eigenvalue weighted by Crippen LogP contribution is -2.33. The number of aliphatic hydroxyl groups excluding tert-OH is 1. The van der Waals surface area contributed by atoms with Gasteiger partial charge in [-0.05, 0) is 69.5 Å². The Labute approximate surface area is 159 Å². The molecule has 2 atom stereocenters. The van der Waals surface area contributed by atoms with Crippen LogP contribution in [0.3, 0.4) is 0 Å². The monoisotopic (exact) mass is 390 g/mol. The van der Waals surface area contributed by atoms with Gasteiger partial charge in [-0.15, -0.1) is 0 Å². The zero-order chi connectivity index (χ0) is 19.4. The van der Waals surface area contributed by atoms with Crippen molar-refractivity contribution in [2.75, 3.05) is 13.1 Å². The number of pyridine rings is 1. The highest BCUT2D eigenvalue weighted by Crippen LogP contribution is 2.28. The fourth-order valence-corrected chi connectivity index (χ4v) is 4.77. The summed E-state index contributed by atoms with van der Waals surface area (Å²) in [6, 6.07) is 9.39. The summed E-state index contributed by atoms with van der Waals surface area (Å²) in [7, 11) is -4.01. The molecule has 0 bridgehead atoms. The van der Waals surface area contributed by atoms with Gasteiger partial charge in [0.15, 0.2) is 0 Å². The van der Waals surface area contributed by atoms with Crippen LogP contribution in [0.25, 0.3) is 0 Å². The van der Waals surface area contributed by atoms with E-state index in [1.807, 2.05) is 6.92 Å². The van der Waals surface area contributed by atoms with Crippen LogP contribution in [0, 0.1) is 12.8 Å². The number of rotatable bonds is 4. The first-order valence-corrected chi connectivity index (χ1v) is 10.8. The SMILES string of the molecule is Cc1ccc(S(=O)(=O)n2cccc(C(O)C3CCCCNCC3)c2=O)cc1. The topological polar surface area (TPSA) is 88.4 Å². The fourth-order valence-electron chi connectivity index (χ4n) is 3.51. The first-order chi connectivity index (χ1) is 12.9. The Balaban J connectivity index is 1.95. The van der Waals surface area contributed by atoms with E-state index in [2.05, 4.69) is 5.32 Å². The van der Waals surface area contributed by atoms with Gasteiger partial charge >= 0.3 is 0 Å². The van der Waals surface area contributed by atoms with Gasteiger partial charge in [-0.2, -0.15) is 0 Å². The number of aromatic nitrogens is 1. The van der Waals surface area contributed by atoms with E-state index in [9.17, 15) is 18.3 Å². The molecule has 1 aromatic carbocycles. The molecule has 1 aliphatic rings. The van der Waals surface area contributed by atoms with Gasteiger partial charge in [0.1, 0.15) is 0 Å². The summed E-state index contributed by atoms with van der Waals surface area (Å²) in [5.41, 5.74) is 0.391. The second-order valence-corrected chi connectivity index (χ2v) is 8.94. The summed E-state index contributed by atoms with van der Waals surface area (Å²) in [6.07, 6.45) is 3.84. The van der Waals surface area contributed by atoms with E-state index in [4.69, 9.17) is 0 Å². The number of aliphatic hydroxyl groups is 1. The van der Waals surface area contributed by atoms with Crippen molar-refractivity contribution in [2.24, 2.45) is 5.92 Å². The average molecular weight is 391 g/mol. The molecule has 1 aromatic heterocycles. The van der Waals surface area contributed by atoms with Gasteiger partial charge < -0.3 is 10.4 Å². The van der Waals surface area contributed by atoms with Crippen molar-refractivity contribution in [3.05, 3.63) is 64.1 Å². The second kappa shape index (κ2) is 8.37. The third kappa shape index (κ3) is 4.31. The molecule has 3 rings (SSSR count). The van der Waals surface area contributed by atoms with E-state index >= 15 is 0 Å². The third-order valence-corrected chi connectivity index (χ3v) is 6.83. The molecule has 27 heavy (non-hydrogen) atoms. The van der Waals surface area contributed by atoms with Gasteiger partial charge in [0, 0.05) is 11.8 Å². The van der Waals surface area contributed by atoms with Gasteiger partial charge in [0.2, 0.25) is 0 Å². The molecule has 7 heteroatoms. The van der Waals surface area contributed by atoms with E-state index in [0.717, 1.165) is 48.3 Å². The first kappa shape index (κ1) is 19.8. The van der Waals surface area contributed by atoms with Gasteiger partial charge in [-0.3, -0.25) is 4.79 Å². The molecule has 0 amide bonds. The normalized spacial score (nSPS) is 19.9. The van der Waals surface area contributed by atoms with Crippen molar-refractivity contribution in [1.82, 2.24) is 9.29 Å². The minimum Gasteiger partial charge on any atom is -0.388 e. The van der Waals surface area contributed by atoms with Crippen LogP contribution in [0.5, 0.6) is 0 Å². The number of aryl methyl sites for hydroxylation is 1. The van der Waals surface area contributed by atoms with Gasteiger partial charge in [0.05, 0.1) is 11.0 Å². The van der Waals surface area contributed by atoms with Crippen LogP contribution < -0.4 is 10.9 Å². The smallest absolute Gasteiger partial charge is 0.270 e. The number of hydrogen-bond acceptors (Lipinski definition) is 5. The highest BCUT2D eigenvalue weighted by atomic mass is 32.2. The quantitative estimate of drug-likeness (QED) is 0.836. The van der Waals surface area contributed by atoms with Gasteiger partial charge in [-0.25, -0.2) is 12.4 Å². The summed E-state index contributed by atoms with van der Waals surface area (Å²) < 4.78 is 26.5. The van der Waals surface area contributed by atoms with Crippen molar-refractivity contribution in [2.45, 2.75) is 43.6 Å². The Morgan fingerprint density at radius 3 is 2.59 bits per heavy atom. The van der Waals surface area contributed by atoms with Crippen molar-refractivity contribution in [3.63, 3.8) is 0 Å². The molecular weight excluding hydrogens is 364 g/mol. The van der Waals surface area contributed by atoms with Crippen LogP contribution in [-0.4, -0.2) is 30.6 Å². The predicted molar refractivity (Wildman–Crippen MR) is 104 cm³/mol. The maximum absolute atomic E-state index is 12.9. The Bertz CT molecular complexity index is 927. The van der Waals surface area contributed by atoms with Crippen molar-refractivity contribution in [3.8, 4) is 0 Å². The number of nitrogens with zero attached hydrogens (tertiary/aromatic N) is 1. The Hall–Kier alpha value is -1.96. The minimum atomic E-state index is -4.01. The molecule has 0 aliphatic carbocycles. The molecule has 1 aliphatic heterocycles. The van der Waals surface area contributed by atoms with Crippen LogP contribution in [0.15, 0.2) is 52.3 Å². The van der Waals surface area contributed by atoms with E-state index in [1.165, 1.54) is 30.5 Å². The molecule has 6 nitrogen and oxygen atoms in total. The van der Waals surface area contributed by atoms with Crippen molar-refractivity contribution >= 4 is 10.0 Å². The molecule has 146 valence electrons. The molecular formula is C20H26N2O4S. The molecule has 2 unspecified atom stereocenters. The molecule has 1 fully saturated rings. The summed E-state index contributed by atoms with van der Waals surface area (Å²) in [6.45, 7) is 3.61. The van der Waals surface area contributed by atoms with E-state index in [-0.39, 0.29) is 16.4 Å². The highest BCUT2D eigenvalue weighted by molar-refractivity contribution is 7.90. The molecule has 2 heterocycles. The van der Waals surface area contributed by atoms with Crippen molar-refractivity contribution in [1.29, 1.82) is 0 Å². The van der Waals surface area contributed by atoms with Crippen LogP contribution in [0.4, 0.5) is 0 Å². The van der Waals surface area contributed by atoms with Crippen LogP contribution >= 0.6 is 0 Å². The molecule has 0 saturated carbocycles. The van der Waals surface area contributed by atoms with E-state index in [0.29, 0.717) is 0 Å². The standard InChI is InChI=1S/C20H26N2O4S/c1-15-7-9-17(10-8-15)27(25,26)22-14-4-6-18(20(22)24)19(23)16-5-2-3-12-21-13-11-16/h4,6-10,14,16,19,21,23H,2-3,5,11-13H2,1H3. The molecule has 2 aromatic rings. The maximum atomic E-state index is 12.9. The maximum Gasteiger partial charge on any atom is 0.270 e. The molecule has 2 N–H and O–H groups in total. The lowest BCUT2D eigenvalue weighted by atomic mass is 9.88. The first-order valence-electron chi connectivity index (χ1n) is 9.34. The van der Waals surface area contributed by atoms with Gasteiger partial charge in [0.25, 0.3) is 15.6 Å². The van der Waals surface area contributed by atoms with Crippen LogP contribution in [-0.2, 0) is 10.0 Å². The summed E-state index contributed by atoms with van der Waals surface area (Å²) in [5.74, 6) is -0.0663. The minimum absolute atomic E-state index is 0.0528. The van der Waals surface area contributed by atoms with E-state index in [1.54, 1.807) is 12.1 Å². The highest BCUT2D eigenvalue weighted by Gasteiger charge is 2.26. The number of benzene rings is 1. The summed E-state index contributed by atoms with van der Waals surface area (Å²) in [4.78, 5) is 13.0. The predicted octanol–water partition coefficient (Wildman–Crippen LogP) is 2.21. The Morgan fingerprint density at radius 2 is 1.85 bits per heavy atom. The zero-order valence-electron chi connectivity index (χ0n) is 15.5. The second-order valence-electron chi connectivity index (χ2n) is 7.12. The Morgan fingerprint density at radius 1 is 1.11 bits per heavy atom. The summed E-state index contributed by atoms with van der Waals surface area (Å²) >= 11 is 0. The average Bonchev–Trinajstić information content (AvgIpc) is 2.61. The van der Waals surface area contributed by atoms with Crippen LogP contribution in [0.1, 0.15) is 42.9 Å². The lowest BCUT2D eigenvalue weighted by Gasteiger charge is -2.25. The number of nitrogens with one attached hydrogen (secondary N) is 1. The molecule has 1 saturated heterocycles. The fraction of sp³-hybridized carbons (Fsp3) is 0.450. The Kier molecular flexibility index (Phi) is 6.14. The van der Waals surface area contributed by atoms with Gasteiger partial charge in [-0.1, -0.05) is 24.1 Å². The van der Waals surface area contributed by atoms with Crippen molar-refractivity contribution < 1.29 is 13.5 Å². The van der Waals surface area contributed by atoms with Crippen LogP contribution in [0.2, 0.25) is 0 Å². The third-order valence-electron chi connectivity index (χ3n) is 5.16. The lowest BCUT2D eigenvalue weighted by molar-refractivity contribution is 0.0919. The summed E-state index contributed by atoms with van der Waals surface area (Å²) in [5, 5.41) is 14.1. The zero-order valence-corrected chi connectivity index (χ0v) is 16.3. The largest absolute Gasteiger partial charge is 0.388 e. The number of hydrogen-bond donors (Lipinski definition) is 2. The molecule has 0 spiro atoms. The van der Waals surface area contributed by atoms with E-state index < -0.39 is 21.7 Å².